The molecule has 0 aromatic carbocycles. The molecular weight excluding hydrogens is 142 g/mol. The summed E-state index contributed by atoms with van der Waals surface area (Å²) in [4.78, 5) is 10.3. The first-order chi connectivity index (χ1) is 4.81. The number of carboxylic acids is 1. The van der Waals surface area contributed by atoms with Crippen LogP contribution >= 0.6 is 0 Å². The fourth-order valence-corrected chi connectivity index (χ4v) is 1.05. The fourth-order valence-electron chi connectivity index (χ4n) is 1.05. The molecule has 3 heteroatoms. The summed E-state index contributed by atoms with van der Waals surface area (Å²) in [7, 11) is 0. The second-order valence-electron chi connectivity index (χ2n) is 3.89. The molecule has 0 saturated carbocycles. The van der Waals surface area contributed by atoms with Crippen LogP contribution in [0.3, 0.4) is 0 Å². The average Bonchev–Trinajstić information content (AvgIpc) is 1.53. The highest BCUT2D eigenvalue weighted by atomic mass is 16.4. The molecule has 0 aromatic heterocycles. The molecule has 0 radical (unpaired) electrons. The van der Waals surface area contributed by atoms with Crippen molar-refractivity contribution in [3.63, 3.8) is 0 Å². The molecule has 0 rings (SSSR count). The van der Waals surface area contributed by atoms with E-state index in [-0.39, 0.29) is 18.0 Å². The van der Waals surface area contributed by atoms with Gasteiger partial charge in [0.15, 0.2) is 0 Å². The number of carbonyl (C=O) groups is 1. The van der Waals surface area contributed by atoms with Crippen molar-refractivity contribution in [2.75, 3.05) is 0 Å². The Morgan fingerprint density at radius 1 is 1.55 bits per heavy atom. The number of nitrogens with one attached hydrogen (secondary N) is 1. The van der Waals surface area contributed by atoms with E-state index in [0.717, 1.165) is 0 Å². The van der Waals surface area contributed by atoms with Crippen LogP contribution in [0.25, 0.3) is 0 Å². The lowest BCUT2D eigenvalue weighted by molar-refractivity contribution is -0.137. The van der Waals surface area contributed by atoms with Crippen molar-refractivity contribution < 1.29 is 9.90 Å². The minimum absolute atomic E-state index is 0.00509. The number of aliphatic carboxylic acids is 1. The molecule has 0 spiro atoms. The Morgan fingerprint density at radius 3 is 2.27 bits per heavy atom. The molecule has 0 aliphatic carbocycles. The van der Waals surface area contributed by atoms with Crippen molar-refractivity contribution in [1.82, 2.24) is 5.32 Å². The van der Waals surface area contributed by atoms with E-state index in [9.17, 15) is 4.79 Å². The summed E-state index contributed by atoms with van der Waals surface area (Å²) in [5, 5.41) is 11.6. The molecule has 2 N–H and O–H groups in total. The predicted molar refractivity (Wildman–Crippen MR) is 44.6 cm³/mol. The molecule has 0 aliphatic rings. The van der Waals surface area contributed by atoms with Crippen LogP contribution in [0.5, 0.6) is 0 Å². The molecule has 0 aliphatic heterocycles. The van der Waals surface area contributed by atoms with Crippen molar-refractivity contribution in [1.29, 1.82) is 0 Å². The van der Waals surface area contributed by atoms with E-state index in [1.165, 1.54) is 0 Å². The lowest BCUT2D eigenvalue weighted by Crippen LogP contribution is -2.42. The average molecular weight is 159 g/mol. The number of carboxylic acid groups (broad SMARTS) is 1. The van der Waals surface area contributed by atoms with Crippen molar-refractivity contribution in [3.8, 4) is 0 Å². The summed E-state index contributed by atoms with van der Waals surface area (Å²) in [6.07, 6.45) is 0.178. The van der Waals surface area contributed by atoms with Gasteiger partial charge < -0.3 is 10.4 Å². The Kier molecular flexibility index (Phi) is 3.52. The van der Waals surface area contributed by atoms with Gasteiger partial charge in [-0.3, -0.25) is 4.79 Å². The van der Waals surface area contributed by atoms with E-state index >= 15 is 0 Å². The van der Waals surface area contributed by atoms with Gasteiger partial charge in [-0.25, -0.2) is 0 Å². The van der Waals surface area contributed by atoms with Gasteiger partial charge in [0.05, 0.1) is 6.42 Å². The minimum Gasteiger partial charge on any atom is -0.481 e. The first-order valence-electron chi connectivity index (χ1n) is 3.81. The minimum atomic E-state index is -0.755. The van der Waals surface area contributed by atoms with Gasteiger partial charge in [0.1, 0.15) is 0 Å². The second kappa shape index (κ2) is 3.72. The molecule has 66 valence electrons. The van der Waals surface area contributed by atoms with Crippen molar-refractivity contribution in [2.24, 2.45) is 0 Å². The summed E-state index contributed by atoms with van der Waals surface area (Å²) < 4.78 is 0. The Bertz CT molecular complexity index is 138. The van der Waals surface area contributed by atoms with Gasteiger partial charge in [0, 0.05) is 11.6 Å². The number of hydrogen-bond donors (Lipinski definition) is 2. The van der Waals surface area contributed by atoms with E-state index in [4.69, 9.17) is 5.11 Å². The van der Waals surface area contributed by atoms with Crippen LogP contribution in [0.2, 0.25) is 0 Å². The molecule has 0 bridgehead atoms. The van der Waals surface area contributed by atoms with Crippen LogP contribution < -0.4 is 5.32 Å². The Morgan fingerprint density at radius 2 is 2.00 bits per heavy atom. The topological polar surface area (TPSA) is 49.3 Å². The maximum Gasteiger partial charge on any atom is 0.304 e. The summed E-state index contributed by atoms with van der Waals surface area (Å²) >= 11 is 0. The third-order valence-corrected chi connectivity index (χ3v) is 1.16. The van der Waals surface area contributed by atoms with Crippen LogP contribution in [0.4, 0.5) is 0 Å². The highest BCUT2D eigenvalue weighted by Crippen LogP contribution is 2.02. The fraction of sp³-hybridized carbons (Fsp3) is 0.875. The molecule has 0 amide bonds. The Balaban J connectivity index is 3.69. The molecule has 0 heterocycles. The first-order valence-corrected chi connectivity index (χ1v) is 3.81. The number of rotatable bonds is 3. The predicted octanol–water partition coefficient (Wildman–Crippen LogP) is 1.24. The summed E-state index contributed by atoms with van der Waals surface area (Å²) in [6, 6.07) is 0.0347. The molecule has 0 saturated heterocycles. The third kappa shape index (κ3) is 7.33. The molecule has 0 fully saturated rings. The highest BCUT2D eigenvalue weighted by Gasteiger charge is 2.15. The molecule has 0 aromatic rings. The molecule has 1 atom stereocenters. The van der Waals surface area contributed by atoms with Crippen molar-refractivity contribution in [2.45, 2.75) is 45.7 Å². The van der Waals surface area contributed by atoms with Crippen LogP contribution in [0.1, 0.15) is 34.1 Å². The van der Waals surface area contributed by atoms with Gasteiger partial charge in [-0.2, -0.15) is 0 Å². The van der Waals surface area contributed by atoms with E-state index in [1.807, 2.05) is 27.7 Å². The third-order valence-electron chi connectivity index (χ3n) is 1.16. The smallest absolute Gasteiger partial charge is 0.304 e. The lowest BCUT2D eigenvalue weighted by Gasteiger charge is -2.24. The monoisotopic (exact) mass is 159 g/mol. The molecule has 3 nitrogen and oxygen atoms in total. The van der Waals surface area contributed by atoms with Gasteiger partial charge in [-0.05, 0) is 27.7 Å². The van der Waals surface area contributed by atoms with Crippen LogP contribution in [-0.2, 0) is 4.79 Å². The quantitative estimate of drug-likeness (QED) is 0.651. The molecular formula is C8H17NO2. The highest BCUT2D eigenvalue weighted by molar-refractivity contribution is 5.67. The number of hydrogen-bond acceptors (Lipinski definition) is 2. The van der Waals surface area contributed by atoms with Crippen LogP contribution in [0, 0.1) is 0 Å². The van der Waals surface area contributed by atoms with Gasteiger partial charge in [-0.15, -0.1) is 0 Å². The van der Waals surface area contributed by atoms with Crippen molar-refractivity contribution >= 4 is 5.97 Å². The van der Waals surface area contributed by atoms with E-state index in [2.05, 4.69) is 5.32 Å². The maximum atomic E-state index is 10.3. The van der Waals surface area contributed by atoms with Crippen LogP contribution in [0.15, 0.2) is 0 Å². The Labute approximate surface area is 67.8 Å². The second-order valence-corrected chi connectivity index (χ2v) is 3.89. The summed E-state index contributed by atoms with van der Waals surface area (Å²) in [5.74, 6) is -0.755. The van der Waals surface area contributed by atoms with Gasteiger partial charge in [0.2, 0.25) is 0 Å². The maximum absolute atomic E-state index is 10.3. The zero-order valence-electron chi connectivity index (χ0n) is 7.64. The van der Waals surface area contributed by atoms with Gasteiger partial charge >= 0.3 is 5.97 Å². The zero-order chi connectivity index (χ0) is 9.07. The Hall–Kier alpha value is -0.570. The van der Waals surface area contributed by atoms with Crippen LogP contribution in [-0.4, -0.2) is 22.7 Å². The van der Waals surface area contributed by atoms with Gasteiger partial charge in [-0.1, -0.05) is 0 Å². The largest absolute Gasteiger partial charge is 0.481 e. The lowest BCUT2D eigenvalue weighted by atomic mass is 10.1. The normalized spacial score (nSPS) is 14.5. The first kappa shape index (κ1) is 10.4. The standard InChI is InChI=1S/C8H17NO2/c1-6(5-7(10)11)9-8(2,3)4/h6,9H,5H2,1-4H3,(H,10,11)/t6-/m0/s1. The van der Waals surface area contributed by atoms with E-state index < -0.39 is 5.97 Å². The SMILES string of the molecule is C[C@@H](CC(=O)O)NC(C)(C)C. The van der Waals surface area contributed by atoms with E-state index in [1.54, 1.807) is 0 Å². The summed E-state index contributed by atoms with van der Waals surface area (Å²) in [6.45, 7) is 7.93. The molecule has 11 heavy (non-hydrogen) atoms. The molecule has 0 unspecified atom stereocenters. The summed E-state index contributed by atoms with van der Waals surface area (Å²) in [5.41, 5.74) is -0.00509. The van der Waals surface area contributed by atoms with Crippen molar-refractivity contribution in [3.05, 3.63) is 0 Å². The van der Waals surface area contributed by atoms with Gasteiger partial charge in [0.25, 0.3) is 0 Å². The van der Waals surface area contributed by atoms with E-state index in [0.29, 0.717) is 0 Å². The zero-order valence-corrected chi connectivity index (χ0v) is 7.64.